The van der Waals surface area contributed by atoms with Crippen molar-refractivity contribution in [1.29, 1.82) is 0 Å². The Morgan fingerprint density at radius 1 is 1.25 bits per heavy atom. The lowest BCUT2D eigenvalue weighted by Gasteiger charge is -2.53. The second-order valence-corrected chi connectivity index (χ2v) is 8.91. The van der Waals surface area contributed by atoms with Crippen molar-refractivity contribution in [3.05, 3.63) is 51.7 Å². The lowest BCUT2D eigenvalue weighted by molar-refractivity contribution is -0.278. The van der Waals surface area contributed by atoms with Crippen molar-refractivity contribution in [2.75, 3.05) is 18.5 Å². The number of ketones is 1. The van der Waals surface area contributed by atoms with E-state index in [1.54, 1.807) is 6.92 Å². The fourth-order valence-electron chi connectivity index (χ4n) is 4.70. The number of aryl methyl sites for hydroxylation is 1. The second kappa shape index (κ2) is 7.97. The zero-order chi connectivity index (χ0) is 22.6. The molecule has 3 aliphatic rings. The van der Waals surface area contributed by atoms with Crippen LogP contribution in [0.15, 0.2) is 18.2 Å². The Morgan fingerprint density at radius 3 is 2.66 bits per heavy atom. The third kappa shape index (κ3) is 3.47. The summed E-state index contributed by atoms with van der Waals surface area (Å²) in [6.07, 6.45) is -1.60. The Hall–Kier alpha value is -2.23. The summed E-state index contributed by atoms with van der Waals surface area (Å²) in [5, 5.41) is 3.16. The Balaban J connectivity index is 1.39. The van der Waals surface area contributed by atoms with Gasteiger partial charge in [0.05, 0.1) is 30.5 Å². The van der Waals surface area contributed by atoms with Crippen LogP contribution < -0.4 is 5.32 Å². The number of nitrogens with one attached hydrogen (secondary N) is 1. The highest BCUT2D eigenvalue weighted by atomic mass is 35.5. The first-order valence-corrected chi connectivity index (χ1v) is 10.8. The van der Waals surface area contributed by atoms with Gasteiger partial charge in [-0.15, -0.1) is 0 Å². The maximum absolute atomic E-state index is 14.6. The number of rotatable bonds is 5. The van der Waals surface area contributed by atoms with Gasteiger partial charge in [-0.1, -0.05) is 18.2 Å². The van der Waals surface area contributed by atoms with Crippen molar-refractivity contribution in [3.63, 3.8) is 0 Å². The van der Waals surface area contributed by atoms with Crippen molar-refractivity contribution in [2.24, 2.45) is 5.92 Å². The molecule has 1 N–H and O–H groups in total. The smallest absolute Gasteiger partial charge is 0.266 e. The van der Waals surface area contributed by atoms with E-state index in [1.165, 1.54) is 12.1 Å². The predicted molar refractivity (Wildman–Crippen MR) is 109 cm³/mol. The molecule has 6 nitrogen and oxygen atoms in total. The molecule has 1 aliphatic carbocycles. The van der Waals surface area contributed by atoms with E-state index >= 15 is 0 Å². The molecular formula is C22H21ClF3N3O3. The minimum Gasteiger partial charge on any atom is -0.374 e. The number of hydrogen-bond acceptors (Lipinski definition) is 6. The lowest BCUT2D eigenvalue weighted by Crippen LogP contribution is -2.73. The Bertz CT molecular complexity index is 1080. The number of aromatic nitrogens is 2. The number of halogens is 4. The van der Waals surface area contributed by atoms with Gasteiger partial charge in [0.25, 0.3) is 6.43 Å². The topological polar surface area (TPSA) is 73.3 Å². The number of nitrogens with zero attached hydrogens (tertiary/aromatic N) is 2. The summed E-state index contributed by atoms with van der Waals surface area (Å²) in [5.74, 6) is -0.509. The molecule has 0 amide bonds. The van der Waals surface area contributed by atoms with E-state index in [0.29, 0.717) is 38.3 Å². The van der Waals surface area contributed by atoms with Gasteiger partial charge in [-0.3, -0.25) is 4.79 Å². The summed E-state index contributed by atoms with van der Waals surface area (Å²) in [4.78, 5) is 21.2. The quantitative estimate of drug-likeness (QED) is 0.664. The Morgan fingerprint density at radius 2 is 2.00 bits per heavy atom. The fraction of sp³-hybridized carbons (Fsp3) is 0.500. The number of anilines is 1. The predicted octanol–water partition coefficient (Wildman–Crippen LogP) is 4.22. The van der Waals surface area contributed by atoms with E-state index in [0.717, 1.165) is 17.3 Å². The van der Waals surface area contributed by atoms with E-state index < -0.39 is 35.6 Å². The van der Waals surface area contributed by atoms with Crippen LogP contribution in [0.4, 0.5) is 19.0 Å². The average molecular weight is 468 g/mol. The van der Waals surface area contributed by atoms with E-state index in [-0.39, 0.29) is 22.5 Å². The molecule has 5 rings (SSSR count). The second-order valence-electron chi connectivity index (χ2n) is 8.58. The molecule has 170 valence electrons. The third-order valence-electron chi connectivity index (χ3n) is 6.56. The first kappa shape index (κ1) is 21.6. The van der Waals surface area contributed by atoms with Crippen LogP contribution in [0.25, 0.3) is 0 Å². The summed E-state index contributed by atoms with van der Waals surface area (Å²) in [6, 6.07) is 3.27. The zero-order valence-corrected chi connectivity index (χ0v) is 18.0. The molecule has 1 aromatic heterocycles. The molecule has 2 fully saturated rings. The molecule has 0 bridgehead atoms. The van der Waals surface area contributed by atoms with Crippen LogP contribution in [0.3, 0.4) is 0 Å². The summed E-state index contributed by atoms with van der Waals surface area (Å²) in [5.41, 5.74) is 0.234. The monoisotopic (exact) mass is 467 g/mol. The average Bonchev–Trinajstić information content (AvgIpc) is 2.71. The van der Waals surface area contributed by atoms with Crippen LogP contribution in [0.2, 0.25) is 5.28 Å². The molecule has 1 unspecified atom stereocenters. The number of hydrogen-bond donors (Lipinski definition) is 1. The van der Waals surface area contributed by atoms with Gasteiger partial charge in [-0.2, -0.15) is 0 Å². The summed E-state index contributed by atoms with van der Waals surface area (Å²) >= 11 is 6.11. The number of ether oxygens (including phenoxy) is 2. The standard InChI is InChI=1S/C22H21ClF3N3O3/c1-10(12-3-2-4-13(16(12)24)19(25)26)27-20-14-7-11(5-6-15(14)28-21(23)29-20)17-18(30)22(32-17)8-31-9-22/h2-4,10-11,17,19H,5-9H2,1H3,(H,27,28,29)/t10-,11?,17-/m1/s1. The largest absolute Gasteiger partial charge is 0.374 e. The van der Waals surface area contributed by atoms with Gasteiger partial charge in [0.1, 0.15) is 17.7 Å². The molecule has 2 aromatic rings. The lowest BCUT2D eigenvalue weighted by atomic mass is 9.74. The summed E-state index contributed by atoms with van der Waals surface area (Å²) < 4.78 is 51.9. The number of benzene rings is 1. The molecule has 3 atom stereocenters. The van der Waals surface area contributed by atoms with Crippen molar-refractivity contribution < 1.29 is 27.4 Å². The Labute approximate surface area is 187 Å². The van der Waals surface area contributed by atoms with Gasteiger partial charge in [0, 0.05) is 11.1 Å². The third-order valence-corrected chi connectivity index (χ3v) is 6.72. The molecule has 0 radical (unpaired) electrons. The van der Waals surface area contributed by atoms with Crippen molar-refractivity contribution in [2.45, 2.75) is 50.4 Å². The minimum atomic E-state index is -2.91. The van der Waals surface area contributed by atoms with Gasteiger partial charge < -0.3 is 14.8 Å². The normalized spacial score (nSPS) is 24.6. The molecule has 3 heterocycles. The maximum atomic E-state index is 14.6. The molecule has 0 saturated carbocycles. The van der Waals surface area contributed by atoms with Gasteiger partial charge in [0.2, 0.25) is 5.28 Å². The molecule has 1 spiro atoms. The van der Waals surface area contributed by atoms with Crippen molar-refractivity contribution in [1.82, 2.24) is 9.97 Å². The van der Waals surface area contributed by atoms with Gasteiger partial charge in [0.15, 0.2) is 11.4 Å². The molecule has 1 aromatic carbocycles. The number of Topliss-reactive ketones (excluding diaryl/α,β-unsaturated/α-hetero) is 1. The van der Waals surface area contributed by atoms with E-state index in [2.05, 4.69) is 15.3 Å². The van der Waals surface area contributed by atoms with E-state index in [1.807, 2.05) is 0 Å². The Kier molecular flexibility index (Phi) is 5.38. The molecule has 2 aliphatic heterocycles. The van der Waals surface area contributed by atoms with Crippen LogP contribution in [-0.4, -0.2) is 40.7 Å². The first-order chi connectivity index (χ1) is 15.3. The summed E-state index contributed by atoms with van der Waals surface area (Å²) in [6.45, 7) is 2.27. The van der Waals surface area contributed by atoms with E-state index in [4.69, 9.17) is 21.1 Å². The zero-order valence-electron chi connectivity index (χ0n) is 17.2. The highest BCUT2D eigenvalue weighted by molar-refractivity contribution is 6.28. The SMILES string of the molecule is C[C@@H](Nc1nc(Cl)nc2c1CC([C@H]1OC3(COC3)C1=O)CC2)c1cccc(C(F)F)c1F. The van der Waals surface area contributed by atoms with Crippen molar-refractivity contribution >= 4 is 23.2 Å². The van der Waals surface area contributed by atoms with Crippen LogP contribution in [0.5, 0.6) is 0 Å². The van der Waals surface area contributed by atoms with Crippen LogP contribution >= 0.6 is 11.6 Å². The number of alkyl halides is 2. The maximum Gasteiger partial charge on any atom is 0.266 e. The van der Waals surface area contributed by atoms with Gasteiger partial charge in [-0.05, 0) is 43.7 Å². The van der Waals surface area contributed by atoms with Crippen LogP contribution in [0, 0.1) is 11.7 Å². The first-order valence-electron chi connectivity index (χ1n) is 10.5. The fourth-order valence-corrected chi connectivity index (χ4v) is 4.89. The highest BCUT2D eigenvalue weighted by Gasteiger charge is 2.62. The van der Waals surface area contributed by atoms with E-state index in [9.17, 15) is 18.0 Å². The minimum absolute atomic E-state index is 0.0410. The van der Waals surface area contributed by atoms with Gasteiger partial charge in [-0.25, -0.2) is 23.1 Å². The van der Waals surface area contributed by atoms with Gasteiger partial charge >= 0.3 is 0 Å². The van der Waals surface area contributed by atoms with Crippen LogP contribution in [0.1, 0.15) is 48.2 Å². The molecule has 32 heavy (non-hydrogen) atoms. The molecule has 10 heteroatoms. The number of fused-ring (bicyclic) bond motifs is 1. The van der Waals surface area contributed by atoms with Crippen LogP contribution in [-0.2, 0) is 27.1 Å². The highest BCUT2D eigenvalue weighted by Crippen LogP contribution is 2.43. The van der Waals surface area contributed by atoms with Crippen molar-refractivity contribution in [3.8, 4) is 0 Å². The number of carbonyl (C=O) groups is 1. The molecule has 2 saturated heterocycles. The summed E-state index contributed by atoms with van der Waals surface area (Å²) in [7, 11) is 0. The molecular weight excluding hydrogens is 447 g/mol. The number of carbonyl (C=O) groups excluding carboxylic acids is 1.